The van der Waals surface area contributed by atoms with Crippen LogP contribution < -0.4 is 5.32 Å². The van der Waals surface area contributed by atoms with Crippen molar-refractivity contribution in [2.75, 3.05) is 5.32 Å². The van der Waals surface area contributed by atoms with Crippen molar-refractivity contribution < 1.29 is 0 Å². The molecule has 0 unspecified atom stereocenters. The lowest BCUT2D eigenvalue weighted by Gasteiger charge is -2.06. The Morgan fingerprint density at radius 1 is 1.50 bits per heavy atom. The fourth-order valence-electron chi connectivity index (χ4n) is 1.65. The molecule has 4 nitrogen and oxygen atoms in total. The van der Waals surface area contributed by atoms with Crippen LogP contribution in [0.5, 0.6) is 0 Å². The molecule has 7 heteroatoms. The van der Waals surface area contributed by atoms with Gasteiger partial charge in [0.05, 0.1) is 6.54 Å². The molecule has 0 amide bonds. The van der Waals surface area contributed by atoms with E-state index in [0.717, 1.165) is 21.4 Å². The standard InChI is InChI=1S/C11H8ClIN4S/c12-11-15-10(14-5-8-2-1-3-18-8)9-4-7(13)6-17(9)16-11/h1-4,6H,5H2,(H,14,15,16). The van der Waals surface area contributed by atoms with Gasteiger partial charge < -0.3 is 5.32 Å². The van der Waals surface area contributed by atoms with Crippen molar-refractivity contribution >= 4 is 56.9 Å². The SMILES string of the molecule is Clc1nc(NCc2cccs2)c2cc(I)cn2n1. The highest BCUT2D eigenvalue weighted by atomic mass is 127. The second-order valence-corrected chi connectivity index (χ2v) is 6.27. The van der Waals surface area contributed by atoms with Gasteiger partial charge in [0.2, 0.25) is 5.28 Å². The van der Waals surface area contributed by atoms with Crippen LogP contribution in [0.2, 0.25) is 5.28 Å². The minimum absolute atomic E-state index is 0.239. The Morgan fingerprint density at radius 2 is 2.39 bits per heavy atom. The maximum absolute atomic E-state index is 5.91. The zero-order valence-electron chi connectivity index (χ0n) is 9.10. The summed E-state index contributed by atoms with van der Waals surface area (Å²) in [6, 6.07) is 6.14. The number of anilines is 1. The molecule has 1 N–H and O–H groups in total. The third-order valence-corrected chi connectivity index (χ3v) is 4.04. The summed E-state index contributed by atoms with van der Waals surface area (Å²) in [5.74, 6) is 0.756. The van der Waals surface area contributed by atoms with E-state index in [9.17, 15) is 0 Å². The molecule has 0 aliphatic carbocycles. The molecule has 0 bridgehead atoms. The first kappa shape index (κ1) is 12.2. The van der Waals surface area contributed by atoms with Gasteiger partial charge in [-0.05, 0) is 51.7 Å². The van der Waals surface area contributed by atoms with Gasteiger partial charge in [-0.1, -0.05) is 6.07 Å². The summed E-state index contributed by atoms with van der Waals surface area (Å²) in [4.78, 5) is 5.49. The smallest absolute Gasteiger partial charge is 0.243 e. The van der Waals surface area contributed by atoms with Crippen molar-refractivity contribution in [1.82, 2.24) is 14.6 Å². The van der Waals surface area contributed by atoms with Crippen LogP contribution in [0, 0.1) is 3.57 Å². The van der Waals surface area contributed by atoms with Gasteiger partial charge in [-0.15, -0.1) is 16.4 Å². The average molecular weight is 391 g/mol. The maximum atomic E-state index is 5.91. The van der Waals surface area contributed by atoms with Gasteiger partial charge >= 0.3 is 0 Å². The van der Waals surface area contributed by atoms with Crippen molar-refractivity contribution in [2.45, 2.75) is 6.54 Å². The summed E-state index contributed by atoms with van der Waals surface area (Å²) in [5, 5.41) is 9.72. The molecule has 3 aromatic rings. The van der Waals surface area contributed by atoms with Gasteiger partial charge in [-0.3, -0.25) is 0 Å². The van der Waals surface area contributed by atoms with E-state index in [1.54, 1.807) is 15.9 Å². The Labute approximate surface area is 126 Å². The molecule has 3 heterocycles. The predicted molar refractivity (Wildman–Crippen MR) is 82.4 cm³/mol. The van der Waals surface area contributed by atoms with E-state index in [4.69, 9.17) is 11.6 Å². The van der Waals surface area contributed by atoms with Crippen molar-refractivity contribution in [2.24, 2.45) is 0 Å². The molecular formula is C11H8ClIN4S. The fraction of sp³-hybridized carbons (Fsp3) is 0.0909. The van der Waals surface area contributed by atoms with E-state index in [0.29, 0.717) is 0 Å². The highest BCUT2D eigenvalue weighted by molar-refractivity contribution is 14.1. The van der Waals surface area contributed by atoms with E-state index in [2.05, 4.69) is 49.4 Å². The monoisotopic (exact) mass is 390 g/mol. The Kier molecular flexibility index (Phi) is 3.40. The molecule has 0 saturated heterocycles. The van der Waals surface area contributed by atoms with Gasteiger partial charge in [0.25, 0.3) is 0 Å². The Morgan fingerprint density at radius 3 is 3.17 bits per heavy atom. The Hall–Kier alpha value is -0.860. The number of nitrogens with zero attached hydrogens (tertiary/aromatic N) is 3. The van der Waals surface area contributed by atoms with Crippen LogP contribution in [-0.4, -0.2) is 14.6 Å². The number of hydrogen-bond acceptors (Lipinski definition) is 4. The van der Waals surface area contributed by atoms with Gasteiger partial charge in [0, 0.05) is 14.6 Å². The largest absolute Gasteiger partial charge is 0.363 e. The van der Waals surface area contributed by atoms with E-state index < -0.39 is 0 Å². The van der Waals surface area contributed by atoms with Gasteiger partial charge in [0.15, 0.2) is 5.82 Å². The molecule has 0 radical (unpaired) electrons. The second-order valence-electron chi connectivity index (χ2n) is 3.65. The number of thiophene rings is 1. The molecule has 3 rings (SSSR count). The maximum Gasteiger partial charge on any atom is 0.243 e. The first-order chi connectivity index (χ1) is 8.72. The predicted octanol–water partition coefficient (Wildman–Crippen LogP) is 3.66. The number of halogens is 2. The number of hydrogen-bond donors (Lipinski definition) is 1. The topological polar surface area (TPSA) is 42.2 Å². The van der Waals surface area contributed by atoms with Crippen LogP contribution in [0.15, 0.2) is 29.8 Å². The van der Waals surface area contributed by atoms with Crippen LogP contribution in [0.3, 0.4) is 0 Å². The highest BCUT2D eigenvalue weighted by Gasteiger charge is 2.08. The Bertz CT molecular complexity index is 680. The van der Waals surface area contributed by atoms with Crippen LogP contribution in [0.1, 0.15) is 4.88 Å². The van der Waals surface area contributed by atoms with Gasteiger partial charge in [-0.2, -0.15) is 4.98 Å². The van der Waals surface area contributed by atoms with Crippen molar-refractivity contribution in [1.29, 1.82) is 0 Å². The summed E-state index contributed by atoms with van der Waals surface area (Å²) in [6.45, 7) is 0.739. The molecule has 0 saturated carbocycles. The normalized spacial score (nSPS) is 11.0. The molecule has 3 aromatic heterocycles. The Balaban J connectivity index is 1.95. The van der Waals surface area contributed by atoms with E-state index in [1.807, 2.05) is 18.3 Å². The zero-order chi connectivity index (χ0) is 12.5. The molecule has 0 spiro atoms. The molecule has 0 aromatic carbocycles. The third kappa shape index (κ3) is 2.45. The second kappa shape index (κ2) is 5.02. The van der Waals surface area contributed by atoms with Crippen molar-refractivity contribution in [3.63, 3.8) is 0 Å². The highest BCUT2D eigenvalue weighted by Crippen LogP contribution is 2.21. The minimum atomic E-state index is 0.239. The summed E-state index contributed by atoms with van der Waals surface area (Å²) in [7, 11) is 0. The van der Waals surface area contributed by atoms with Crippen LogP contribution in [0.25, 0.3) is 5.52 Å². The minimum Gasteiger partial charge on any atom is -0.363 e. The first-order valence-corrected chi connectivity index (χ1v) is 7.54. The lowest BCUT2D eigenvalue weighted by Crippen LogP contribution is -2.04. The summed E-state index contributed by atoms with van der Waals surface area (Å²) in [6.07, 6.45) is 1.92. The molecule has 0 fully saturated rings. The lowest BCUT2D eigenvalue weighted by molar-refractivity contribution is 0.900. The number of rotatable bonds is 3. The fourth-order valence-corrected chi connectivity index (χ4v) is 3.02. The van der Waals surface area contributed by atoms with Gasteiger partial charge in [0.1, 0.15) is 5.52 Å². The zero-order valence-corrected chi connectivity index (χ0v) is 12.8. The number of nitrogens with one attached hydrogen (secondary N) is 1. The summed E-state index contributed by atoms with van der Waals surface area (Å²) >= 11 is 9.86. The third-order valence-electron chi connectivity index (χ3n) is 2.41. The number of aromatic nitrogens is 3. The van der Waals surface area contributed by atoms with E-state index in [-0.39, 0.29) is 5.28 Å². The van der Waals surface area contributed by atoms with Crippen molar-refractivity contribution in [3.05, 3.63) is 43.5 Å². The molecule has 0 aliphatic heterocycles. The van der Waals surface area contributed by atoms with Crippen LogP contribution in [-0.2, 0) is 6.54 Å². The molecule has 92 valence electrons. The molecule has 0 atom stereocenters. The summed E-state index contributed by atoms with van der Waals surface area (Å²) < 4.78 is 2.84. The average Bonchev–Trinajstić information content (AvgIpc) is 2.93. The van der Waals surface area contributed by atoms with E-state index in [1.165, 1.54) is 4.88 Å². The molecular weight excluding hydrogens is 383 g/mol. The lowest BCUT2D eigenvalue weighted by atomic mass is 10.4. The molecule has 18 heavy (non-hydrogen) atoms. The molecule has 0 aliphatic rings. The van der Waals surface area contributed by atoms with Crippen LogP contribution in [0.4, 0.5) is 5.82 Å². The van der Waals surface area contributed by atoms with Gasteiger partial charge in [-0.25, -0.2) is 4.52 Å². The van der Waals surface area contributed by atoms with Crippen molar-refractivity contribution in [3.8, 4) is 0 Å². The van der Waals surface area contributed by atoms with E-state index >= 15 is 0 Å². The first-order valence-electron chi connectivity index (χ1n) is 5.20. The number of fused-ring (bicyclic) bond motifs is 1. The quantitative estimate of drug-likeness (QED) is 0.694. The van der Waals surface area contributed by atoms with Crippen LogP contribution >= 0.6 is 45.5 Å². The summed E-state index contributed by atoms with van der Waals surface area (Å²) in [5.41, 5.74) is 0.931.